The Bertz CT molecular complexity index is 80.1. The van der Waals surface area contributed by atoms with E-state index in [1.807, 2.05) is 0 Å². The maximum atomic E-state index is 10.2. The van der Waals surface area contributed by atoms with Gasteiger partial charge in [0, 0.05) is 0 Å². The first kappa shape index (κ1) is 16.1. The molecule has 2 N–H and O–H groups in total. The molecule has 0 radical (unpaired) electrons. The third-order valence-electron chi connectivity index (χ3n) is 0.0899. The summed E-state index contributed by atoms with van der Waals surface area (Å²) >= 11 is 0. The molecule has 0 fully saturated rings. The summed E-state index contributed by atoms with van der Waals surface area (Å²) in [5, 5.41) is 0. The Hall–Kier alpha value is 1.17. The van der Waals surface area contributed by atoms with Gasteiger partial charge in [-0.25, -0.2) is 4.57 Å². The average Bonchev–Trinajstić information content (AvgIpc) is 1.35. The summed E-state index contributed by atoms with van der Waals surface area (Å²) in [7, 11) is -4.81. The van der Waals surface area contributed by atoms with Crippen LogP contribution >= 0.6 is 7.82 Å². The van der Waals surface area contributed by atoms with Crippen LogP contribution in [0.25, 0.3) is 0 Å². The van der Waals surface area contributed by atoms with E-state index in [9.17, 15) is 4.53 Å². The van der Waals surface area contributed by atoms with Gasteiger partial charge in [0.15, 0.2) is 17.4 Å². The predicted octanol–water partition coefficient (Wildman–Crippen LogP) is -1.85. The maximum absolute atomic E-state index is 10.2. The van der Waals surface area contributed by atoms with Crippen LogP contribution in [0.1, 0.15) is 0 Å². The molecule has 0 heterocycles. The minimum absolute atomic E-state index is 0. The summed E-state index contributed by atoms with van der Waals surface area (Å²) in [6, 6.07) is 0. The first-order valence-electron chi connectivity index (χ1n) is 0.919. The monoisotopic (exact) mass is 154 g/mol. The molecule has 4 nitrogen and oxygen atoms in total. The van der Waals surface area contributed by atoms with Crippen molar-refractivity contribution in [2.24, 2.45) is 0 Å². The molecule has 0 amide bonds. The van der Waals surface area contributed by atoms with Crippen LogP contribution in [0.3, 0.4) is 0 Å². The van der Waals surface area contributed by atoms with Gasteiger partial charge >= 0.3 is 26.7 Å². The predicted molar refractivity (Wildman–Crippen MR) is 31.3 cm³/mol. The molecular formula is H6AlFLiO4P. The van der Waals surface area contributed by atoms with Gasteiger partial charge in [0.2, 0.25) is 0 Å². The Kier molecular flexibility index (Phi) is 12.6. The zero-order valence-electron chi connectivity index (χ0n) is 2.54. The summed E-state index contributed by atoms with van der Waals surface area (Å²) in [5.74, 6) is 0. The molecule has 0 spiro atoms. The van der Waals surface area contributed by atoms with Crippen molar-refractivity contribution in [2.45, 2.75) is 0 Å². The van der Waals surface area contributed by atoms with Crippen LogP contribution in [0.2, 0.25) is 0 Å². The molecule has 0 saturated carbocycles. The normalized spacial score (nSPS) is 8.88. The molecular weight excluding hydrogens is 148 g/mol. The van der Waals surface area contributed by atoms with Crippen molar-refractivity contribution in [3.05, 3.63) is 0 Å². The van der Waals surface area contributed by atoms with Crippen LogP contribution in [0.4, 0.5) is 4.53 Å². The molecule has 0 bridgehead atoms. The van der Waals surface area contributed by atoms with E-state index in [0.29, 0.717) is 0 Å². The molecule has 46 valence electrons. The van der Waals surface area contributed by atoms with E-state index in [2.05, 4.69) is 4.73 Å². The van der Waals surface area contributed by atoms with Crippen molar-refractivity contribution in [3.63, 3.8) is 0 Å². The van der Waals surface area contributed by atoms with E-state index < -0.39 is 7.82 Å². The van der Waals surface area contributed by atoms with Crippen molar-refractivity contribution in [1.82, 2.24) is 0 Å². The van der Waals surface area contributed by atoms with Gasteiger partial charge in [-0.15, -0.1) is 0 Å². The molecule has 8 heteroatoms. The van der Waals surface area contributed by atoms with Gasteiger partial charge in [-0.1, -0.05) is 4.73 Å². The minimum atomic E-state index is -4.81. The average molecular weight is 154 g/mol. The number of hydrogen-bond donors (Lipinski definition) is 2. The fraction of sp³-hybridized carbons (Fsp3) is 0. The van der Waals surface area contributed by atoms with Crippen LogP contribution in [-0.4, -0.2) is 46.0 Å². The quantitative estimate of drug-likeness (QED) is 0.343. The molecule has 0 aromatic heterocycles. The SMILES string of the molecule is O=P(O)(O)OF.[AlH3].[LiH]. The Morgan fingerprint density at radius 3 is 1.62 bits per heavy atom. The van der Waals surface area contributed by atoms with E-state index in [1.54, 1.807) is 0 Å². The Labute approximate surface area is 67.9 Å². The zero-order chi connectivity index (χ0) is 5.21. The number of halogens is 1. The van der Waals surface area contributed by atoms with Crippen LogP contribution in [0, 0.1) is 0 Å². The van der Waals surface area contributed by atoms with Crippen LogP contribution in [0.5, 0.6) is 0 Å². The van der Waals surface area contributed by atoms with E-state index in [1.165, 1.54) is 0 Å². The van der Waals surface area contributed by atoms with E-state index in [-0.39, 0.29) is 36.2 Å². The molecule has 0 aromatic rings. The molecule has 0 aromatic carbocycles. The molecule has 8 heavy (non-hydrogen) atoms. The first-order valence-corrected chi connectivity index (χ1v) is 2.45. The standard InChI is InChI=1S/Al.FH2O4P.Li.4H/c;1-5-6(2,3)4;;;;;/h;(H2,2,3,4);;;;;. The topological polar surface area (TPSA) is 66.8 Å². The summed E-state index contributed by atoms with van der Waals surface area (Å²) in [4.78, 5) is 14.7. The second-order valence-electron chi connectivity index (χ2n) is 0.560. The van der Waals surface area contributed by atoms with Gasteiger partial charge in [-0.3, -0.25) is 0 Å². The van der Waals surface area contributed by atoms with Crippen molar-refractivity contribution >= 4 is 44.0 Å². The zero-order valence-corrected chi connectivity index (χ0v) is 3.43. The van der Waals surface area contributed by atoms with Crippen LogP contribution in [0.15, 0.2) is 0 Å². The van der Waals surface area contributed by atoms with Crippen molar-refractivity contribution in [2.75, 3.05) is 0 Å². The van der Waals surface area contributed by atoms with Gasteiger partial charge in [0.05, 0.1) is 0 Å². The van der Waals surface area contributed by atoms with Crippen molar-refractivity contribution in [3.8, 4) is 0 Å². The fourth-order valence-corrected chi connectivity index (χ4v) is 0. The summed E-state index contributed by atoms with van der Waals surface area (Å²) in [5.41, 5.74) is 0. The Balaban J connectivity index is -0.000000125. The van der Waals surface area contributed by atoms with Crippen LogP contribution < -0.4 is 0 Å². The van der Waals surface area contributed by atoms with Gasteiger partial charge in [0.1, 0.15) is 0 Å². The van der Waals surface area contributed by atoms with Crippen molar-refractivity contribution < 1.29 is 23.6 Å². The fourth-order valence-electron chi connectivity index (χ4n) is 0. The molecule has 0 saturated heterocycles. The molecule has 0 rings (SSSR count). The van der Waals surface area contributed by atoms with Gasteiger partial charge in [0.25, 0.3) is 0 Å². The number of rotatable bonds is 1. The Morgan fingerprint density at radius 2 is 1.62 bits per heavy atom. The number of phosphoric acid groups is 1. The molecule has 0 aliphatic carbocycles. The van der Waals surface area contributed by atoms with Gasteiger partial charge in [-0.05, 0) is 4.53 Å². The van der Waals surface area contributed by atoms with Gasteiger partial charge < -0.3 is 9.79 Å². The second-order valence-corrected chi connectivity index (χ2v) is 1.68. The molecule has 0 atom stereocenters. The van der Waals surface area contributed by atoms with E-state index in [0.717, 1.165) is 0 Å². The molecule has 0 unspecified atom stereocenters. The summed E-state index contributed by atoms with van der Waals surface area (Å²) in [6.45, 7) is 0. The second kappa shape index (κ2) is 6.29. The van der Waals surface area contributed by atoms with Gasteiger partial charge in [-0.2, -0.15) is 0 Å². The van der Waals surface area contributed by atoms with E-state index >= 15 is 0 Å². The van der Waals surface area contributed by atoms with Crippen molar-refractivity contribution in [1.29, 1.82) is 0 Å². The third kappa shape index (κ3) is 15.7. The molecule has 0 aliphatic heterocycles. The first-order chi connectivity index (χ1) is 2.56. The Morgan fingerprint density at radius 1 is 1.50 bits per heavy atom. The van der Waals surface area contributed by atoms with Crippen LogP contribution in [-0.2, 0) is 9.29 Å². The third-order valence-corrected chi connectivity index (χ3v) is 0.270. The summed E-state index contributed by atoms with van der Waals surface area (Å²) < 4.78 is 21.4. The van der Waals surface area contributed by atoms with E-state index in [4.69, 9.17) is 14.4 Å². The summed E-state index contributed by atoms with van der Waals surface area (Å²) in [6.07, 6.45) is 0. The molecule has 0 aliphatic rings. The number of hydrogen-bond acceptors (Lipinski definition) is 2.